The van der Waals surface area contributed by atoms with Crippen LogP contribution >= 0.6 is 0 Å². The summed E-state index contributed by atoms with van der Waals surface area (Å²) in [7, 11) is 0. The number of hydrogen-bond donors (Lipinski definition) is 0. The fourth-order valence-corrected chi connectivity index (χ4v) is 1.74. The number of ether oxygens (including phenoxy) is 1. The lowest BCUT2D eigenvalue weighted by molar-refractivity contribution is 0.0567. The summed E-state index contributed by atoms with van der Waals surface area (Å²) in [6, 6.07) is 0. The van der Waals surface area contributed by atoms with Crippen molar-refractivity contribution in [3.05, 3.63) is 17.7 Å². The second kappa shape index (κ2) is 2.84. The largest absolute Gasteiger partial charge is 0.360 e. The van der Waals surface area contributed by atoms with Gasteiger partial charge in [-0.15, -0.1) is 0 Å². The van der Waals surface area contributed by atoms with Crippen molar-refractivity contribution >= 4 is 0 Å². The number of nitrogens with zero attached hydrogens (tertiary/aromatic N) is 2. The van der Waals surface area contributed by atoms with Crippen LogP contribution in [0.1, 0.15) is 32.2 Å². The molecule has 0 aliphatic carbocycles. The van der Waals surface area contributed by atoms with E-state index in [4.69, 9.17) is 4.74 Å². The predicted molar refractivity (Wildman–Crippen MR) is 50.6 cm³/mol. The molecule has 0 atom stereocenters. The van der Waals surface area contributed by atoms with Crippen LogP contribution in [0, 0.1) is 0 Å². The second-order valence-corrected chi connectivity index (χ2v) is 4.55. The molecule has 3 heteroatoms. The van der Waals surface area contributed by atoms with Gasteiger partial charge in [-0.25, -0.2) is 4.98 Å². The SMILES string of the molecule is CC(C)(C)c1ncn2c1CCOC2. The molecule has 72 valence electrons. The highest BCUT2D eigenvalue weighted by Crippen LogP contribution is 2.26. The zero-order chi connectivity index (χ0) is 9.47. The molecule has 1 aliphatic heterocycles. The topological polar surface area (TPSA) is 27.1 Å². The maximum absolute atomic E-state index is 5.34. The predicted octanol–water partition coefficient (Wildman–Crippen LogP) is 1.71. The van der Waals surface area contributed by atoms with E-state index in [0.717, 1.165) is 13.0 Å². The maximum atomic E-state index is 5.34. The average Bonchev–Trinajstić information content (AvgIpc) is 2.45. The van der Waals surface area contributed by atoms with E-state index in [1.165, 1.54) is 11.4 Å². The first-order valence-electron chi connectivity index (χ1n) is 4.71. The fourth-order valence-electron chi connectivity index (χ4n) is 1.74. The normalized spacial score (nSPS) is 17.2. The summed E-state index contributed by atoms with van der Waals surface area (Å²) in [6.45, 7) is 8.09. The molecule has 0 radical (unpaired) electrons. The molecule has 1 aliphatic rings. The van der Waals surface area contributed by atoms with Crippen LogP contribution in [-0.4, -0.2) is 16.2 Å². The van der Waals surface area contributed by atoms with Crippen molar-refractivity contribution in [3.63, 3.8) is 0 Å². The molecule has 0 saturated carbocycles. The lowest BCUT2D eigenvalue weighted by Crippen LogP contribution is -2.21. The number of rotatable bonds is 0. The van der Waals surface area contributed by atoms with Gasteiger partial charge in [0.1, 0.15) is 6.73 Å². The molecule has 2 heterocycles. The highest BCUT2D eigenvalue weighted by Gasteiger charge is 2.24. The van der Waals surface area contributed by atoms with Gasteiger partial charge in [-0.1, -0.05) is 20.8 Å². The molecule has 0 aromatic carbocycles. The third-order valence-electron chi connectivity index (χ3n) is 2.37. The first-order chi connectivity index (χ1) is 6.09. The highest BCUT2D eigenvalue weighted by atomic mass is 16.5. The van der Waals surface area contributed by atoms with Gasteiger partial charge in [0.15, 0.2) is 0 Å². The highest BCUT2D eigenvalue weighted by molar-refractivity contribution is 5.21. The van der Waals surface area contributed by atoms with E-state index in [2.05, 4.69) is 30.3 Å². The number of fused-ring (bicyclic) bond motifs is 1. The van der Waals surface area contributed by atoms with E-state index in [-0.39, 0.29) is 5.41 Å². The van der Waals surface area contributed by atoms with Crippen LogP contribution in [0.2, 0.25) is 0 Å². The third-order valence-corrected chi connectivity index (χ3v) is 2.37. The molecular weight excluding hydrogens is 164 g/mol. The minimum Gasteiger partial charge on any atom is -0.360 e. The zero-order valence-corrected chi connectivity index (χ0v) is 8.50. The molecule has 0 N–H and O–H groups in total. The van der Waals surface area contributed by atoms with Crippen LogP contribution in [0.15, 0.2) is 6.33 Å². The summed E-state index contributed by atoms with van der Waals surface area (Å²) in [5.41, 5.74) is 2.72. The van der Waals surface area contributed by atoms with Crippen LogP contribution in [0.3, 0.4) is 0 Å². The molecule has 1 aromatic heterocycles. The zero-order valence-electron chi connectivity index (χ0n) is 8.50. The van der Waals surface area contributed by atoms with Crippen molar-refractivity contribution in [3.8, 4) is 0 Å². The van der Waals surface area contributed by atoms with Gasteiger partial charge in [0.05, 0.1) is 18.6 Å². The number of hydrogen-bond acceptors (Lipinski definition) is 2. The second-order valence-electron chi connectivity index (χ2n) is 4.55. The Balaban J connectivity index is 2.43. The molecule has 0 bridgehead atoms. The minimum atomic E-state index is 0.151. The van der Waals surface area contributed by atoms with Crippen molar-refractivity contribution in [1.29, 1.82) is 0 Å². The van der Waals surface area contributed by atoms with Gasteiger partial charge in [0, 0.05) is 17.5 Å². The van der Waals surface area contributed by atoms with E-state index < -0.39 is 0 Å². The van der Waals surface area contributed by atoms with Gasteiger partial charge in [0.2, 0.25) is 0 Å². The van der Waals surface area contributed by atoms with E-state index in [1.807, 2.05) is 6.33 Å². The average molecular weight is 180 g/mol. The summed E-state index contributed by atoms with van der Waals surface area (Å²) in [4.78, 5) is 4.45. The van der Waals surface area contributed by atoms with Gasteiger partial charge < -0.3 is 9.30 Å². The fraction of sp³-hybridized carbons (Fsp3) is 0.700. The van der Waals surface area contributed by atoms with Gasteiger partial charge in [0.25, 0.3) is 0 Å². The van der Waals surface area contributed by atoms with Gasteiger partial charge in [-0.3, -0.25) is 0 Å². The monoisotopic (exact) mass is 180 g/mol. The molecule has 0 saturated heterocycles. The van der Waals surface area contributed by atoms with E-state index in [1.54, 1.807) is 0 Å². The summed E-state index contributed by atoms with van der Waals surface area (Å²) >= 11 is 0. The number of imidazole rings is 1. The molecule has 0 spiro atoms. The molecule has 3 nitrogen and oxygen atoms in total. The molecule has 0 amide bonds. The minimum absolute atomic E-state index is 0.151. The van der Waals surface area contributed by atoms with E-state index in [0.29, 0.717) is 6.73 Å². The Labute approximate surface area is 78.7 Å². The van der Waals surface area contributed by atoms with E-state index >= 15 is 0 Å². The lowest BCUT2D eigenvalue weighted by atomic mass is 9.90. The van der Waals surface area contributed by atoms with Gasteiger partial charge >= 0.3 is 0 Å². The molecule has 1 aromatic rings. The van der Waals surface area contributed by atoms with Gasteiger partial charge in [-0.05, 0) is 0 Å². The van der Waals surface area contributed by atoms with Crippen molar-refractivity contribution in [2.45, 2.75) is 39.3 Å². The first-order valence-corrected chi connectivity index (χ1v) is 4.71. The third kappa shape index (κ3) is 1.48. The van der Waals surface area contributed by atoms with Crippen molar-refractivity contribution < 1.29 is 4.74 Å². The molecular formula is C10H16N2O. The Kier molecular flexibility index (Phi) is 1.91. The molecule has 2 rings (SSSR count). The van der Waals surface area contributed by atoms with Gasteiger partial charge in [-0.2, -0.15) is 0 Å². The van der Waals surface area contributed by atoms with Crippen LogP contribution in [-0.2, 0) is 23.3 Å². The Bertz CT molecular complexity index is 309. The Morgan fingerprint density at radius 2 is 2.23 bits per heavy atom. The molecule has 0 unspecified atom stereocenters. The number of aromatic nitrogens is 2. The van der Waals surface area contributed by atoms with Crippen LogP contribution in [0.5, 0.6) is 0 Å². The quantitative estimate of drug-likeness (QED) is 0.607. The molecule has 13 heavy (non-hydrogen) atoms. The van der Waals surface area contributed by atoms with Crippen molar-refractivity contribution in [1.82, 2.24) is 9.55 Å². The summed E-state index contributed by atoms with van der Waals surface area (Å²) in [6.07, 6.45) is 2.88. The van der Waals surface area contributed by atoms with Crippen molar-refractivity contribution in [2.24, 2.45) is 0 Å². The Hall–Kier alpha value is -0.830. The van der Waals surface area contributed by atoms with Crippen LogP contribution < -0.4 is 0 Å². The standard InChI is InChI=1S/C10H16N2O/c1-10(2,3)9-8-4-5-13-7-12(8)6-11-9/h6H,4-5,7H2,1-3H3. The first kappa shape index (κ1) is 8.75. The van der Waals surface area contributed by atoms with Crippen LogP contribution in [0.4, 0.5) is 0 Å². The Morgan fingerprint density at radius 3 is 2.92 bits per heavy atom. The molecule has 0 fully saturated rings. The Morgan fingerprint density at radius 1 is 1.46 bits per heavy atom. The lowest BCUT2D eigenvalue weighted by Gasteiger charge is -2.21. The summed E-state index contributed by atoms with van der Waals surface area (Å²) < 4.78 is 7.45. The van der Waals surface area contributed by atoms with E-state index in [9.17, 15) is 0 Å². The summed E-state index contributed by atoms with van der Waals surface area (Å²) in [5.74, 6) is 0. The smallest absolute Gasteiger partial charge is 0.124 e. The van der Waals surface area contributed by atoms with Crippen LogP contribution in [0.25, 0.3) is 0 Å². The summed E-state index contributed by atoms with van der Waals surface area (Å²) in [5, 5.41) is 0. The van der Waals surface area contributed by atoms with Crippen molar-refractivity contribution in [2.75, 3.05) is 6.61 Å². The maximum Gasteiger partial charge on any atom is 0.124 e.